The molecule has 0 N–H and O–H groups in total. The summed E-state index contributed by atoms with van der Waals surface area (Å²) in [6, 6.07) is 0. The molecule has 2 aliphatic heterocycles. The van der Waals surface area contributed by atoms with Gasteiger partial charge in [0.15, 0.2) is 5.78 Å². The van der Waals surface area contributed by atoms with Gasteiger partial charge in [-0.05, 0) is 6.08 Å². The maximum Gasteiger partial charge on any atom is 0.251 e. The minimum Gasteiger partial charge on any atom is -0.300 e. The number of hydrogen-bond acceptors (Lipinski definition) is 2. The highest BCUT2D eigenvalue weighted by atomic mass is 16.2. The third-order valence-corrected chi connectivity index (χ3v) is 1.51. The molecule has 2 aliphatic rings. The van der Waals surface area contributed by atoms with Crippen LogP contribution in [0.1, 0.15) is 0 Å². The van der Waals surface area contributed by atoms with Crippen molar-refractivity contribution < 1.29 is 9.59 Å². The molecular weight excluding hydrogens is 130 g/mol. The average molecular weight is 134 g/mol. The van der Waals surface area contributed by atoms with E-state index in [1.807, 2.05) is 0 Å². The van der Waals surface area contributed by atoms with Crippen molar-refractivity contribution in [1.29, 1.82) is 0 Å². The van der Waals surface area contributed by atoms with Gasteiger partial charge in [0.25, 0.3) is 5.91 Å². The molecule has 2 heterocycles. The first-order valence-electron chi connectivity index (χ1n) is 2.94. The summed E-state index contributed by atoms with van der Waals surface area (Å²) in [6.07, 6.45) is 5.59. The first-order valence-corrected chi connectivity index (χ1v) is 2.94. The van der Waals surface area contributed by atoms with Gasteiger partial charge in [-0.3, -0.25) is 9.59 Å². The molecule has 1 radical (unpaired) electrons. The fraction of sp³-hybridized carbons (Fsp3) is 0.143. The Labute approximate surface area is 57.6 Å². The van der Waals surface area contributed by atoms with Crippen molar-refractivity contribution in [2.75, 3.05) is 6.54 Å². The van der Waals surface area contributed by atoms with Crippen LogP contribution >= 0.6 is 0 Å². The van der Waals surface area contributed by atoms with Crippen LogP contribution in [0.15, 0.2) is 17.8 Å². The van der Waals surface area contributed by atoms with E-state index in [1.54, 1.807) is 6.08 Å². The van der Waals surface area contributed by atoms with Crippen LogP contribution in [0.3, 0.4) is 0 Å². The van der Waals surface area contributed by atoms with Crippen molar-refractivity contribution in [1.82, 2.24) is 4.90 Å². The molecule has 0 fully saturated rings. The van der Waals surface area contributed by atoms with Crippen LogP contribution in [-0.4, -0.2) is 23.1 Å². The number of fused-ring (bicyclic) bond motifs is 1. The fourth-order valence-electron chi connectivity index (χ4n) is 1.05. The van der Waals surface area contributed by atoms with Crippen LogP contribution in [0.25, 0.3) is 0 Å². The third kappa shape index (κ3) is 0.543. The van der Waals surface area contributed by atoms with Gasteiger partial charge in [0.05, 0.1) is 18.3 Å². The summed E-state index contributed by atoms with van der Waals surface area (Å²) in [7, 11) is 0. The zero-order chi connectivity index (χ0) is 7.14. The lowest BCUT2D eigenvalue weighted by Crippen LogP contribution is -2.23. The van der Waals surface area contributed by atoms with Crippen LogP contribution in [-0.2, 0) is 9.59 Å². The molecule has 3 heteroatoms. The normalized spacial score (nSPS) is 22.0. The zero-order valence-electron chi connectivity index (χ0n) is 5.13. The van der Waals surface area contributed by atoms with Crippen LogP contribution < -0.4 is 0 Å². The lowest BCUT2D eigenvalue weighted by atomic mass is 10.4. The van der Waals surface area contributed by atoms with Gasteiger partial charge in [0.1, 0.15) is 0 Å². The molecule has 2 rings (SSSR count). The lowest BCUT2D eigenvalue weighted by molar-refractivity contribution is -0.126. The van der Waals surface area contributed by atoms with Crippen molar-refractivity contribution in [2.24, 2.45) is 0 Å². The predicted octanol–water partition coefficient (Wildman–Crippen LogP) is -0.345. The Morgan fingerprint density at radius 2 is 2.20 bits per heavy atom. The molecule has 0 aromatic heterocycles. The second-order valence-electron chi connectivity index (χ2n) is 2.19. The summed E-state index contributed by atoms with van der Waals surface area (Å²) in [5.74, 6) is -0.235. The van der Waals surface area contributed by atoms with Gasteiger partial charge in [-0.2, -0.15) is 0 Å². The maximum atomic E-state index is 10.8. The first-order chi connectivity index (χ1) is 4.77. The molecule has 0 aromatic rings. The third-order valence-electron chi connectivity index (χ3n) is 1.51. The minimum atomic E-state index is -0.118. The highest BCUT2D eigenvalue weighted by molar-refractivity contribution is 6.02. The fourth-order valence-corrected chi connectivity index (χ4v) is 1.05. The van der Waals surface area contributed by atoms with Crippen molar-refractivity contribution in [3.05, 3.63) is 23.9 Å². The molecule has 10 heavy (non-hydrogen) atoms. The van der Waals surface area contributed by atoms with E-state index >= 15 is 0 Å². The smallest absolute Gasteiger partial charge is 0.251 e. The lowest BCUT2D eigenvalue weighted by Gasteiger charge is -2.07. The number of amides is 1. The Bertz CT molecular complexity index is 275. The standard InChI is InChI=1S/C7H4NO2/c9-6-3-5-1-2-7(10)8(5)4-6/h1-2H,4H2. The summed E-state index contributed by atoms with van der Waals surface area (Å²) in [4.78, 5) is 22.9. The SMILES string of the molecule is O=C1[C]=C2C=CC(=O)N2C1. The van der Waals surface area contributed by atoms with Gasteiger partial charge in [0, 0.05) is 6.08 Å². The molecule has 0 saturated heterocycles. The second-order valence-corrected chi connectivity index (χ2v) is 2.19. The van der Waals surface area contributed by atoms with Crippen LogP contribution in [0.4, 0.5) is 0 Å². The summed E-state index contributed by atoms with van der Waals surface area (Å²) >= 11 is 0. The summed E-state index contributed by atoms with van der Waals surface area (Å²) in [6.45, 7) is 0.168. The monoisotopic (exact) mass is 134 g/mol. The number of ketones is 1. The molecule has 3 nitrogen and oxygen atoms in total. The molecule has 49 valence electrons. The van der Waals surface area contributed by atoms with Crippen LogP contribution in [0.5, 0.6) is 0 Å². The van der Waals surface area contributed by atoms with Crippen molar-refractivity contribution >= 4 is 11.7 Å². The van der Waals surface area contributed by atoms with Gasteiger partial charge in [0.2, 0.25) is 0 Å². The molecule has 0 aromatic carbocycles. The van der Waals surface area contributed by atoms with Crippen LogP contribution in [0.2, 0.25) is 0 Å². The largest absolute Gasteiger partial charge is 0.300 e. The Kier molecular flexibility index (Phi) is 0.845. The molecule has 0 spiro atoms. The minimum absolute atomic E-state index is 0.117. The van der Waals surface area contributed by atoms with Gasteiger partial charge in [-0.1, -0.05) is 0 Å². The van der Waals surface area contributed by atoms with E-state index in [4.69, 9.17) is 0 Å². The number of carbonyl (C=O) groups is 2. The molecule has 0 bridgehead atoms. The van der Waals surface area contributed by atoms with Crippen LogP contribution in [0, 0.1) is 6.08 Å². The Morgan fingerprint density at radius 1 is 1.40 bits per heavy atom. The van der Waals surface area contributed by atoms with Gasteiger partial charge in [-0.25, -0.2) is 0 Å². The Hall–Kier alpha value is -1.38. The molecule has 0 aliphatic carbocycles. The topological polar surface area (TPSA) is 37.4 Å². The maximum absolute atomic E-state index is 10.8. The Morgan fingerprint density at radius 3 is 2.90 bits per heavy atom. The van der Waals surface area contributed by atoms with Crippen molar-refractivity contribution in [3.8, 4) is 0 Å². The predicted molar refractivity (Wildman–Crippen MR) is 32.6 cm³/mol. The number of allylic oxidation sites excluding steroid dienone is 1. The molecule has 0 unspecified atom stereocenters. The van der Waals surface area contributed by atoms with Crippen molar-refractivity contribution in [3.63, 3.8) is 0 Å². The van der Waals surface area contributed by atoms with Gasteiger partial charge < -0.3 is 4.90 Å². The summed E-state index contributed by atoms with van der Waals surface area (Å²) in [5, 5.41) is 0. The van der Waals surface area contributed by atoms with Gasteiger partial charge >= 0.3 is 0 Å². The average Bonchev–Trinajstić information content (AvgIpc) is 2.35. The number of rotatable bonds is 0. The molecule has 1 amide bonds. The van der Waals surface area contributed by atoms with E-state index in [1.165, 1.54) is 11.0 Å². The van der Waals surface area contributed by atoms with E-state index in [9.17, 15) is 9.59 Å². The number of carbonyl (C=O) groups excluding carboxylic acids is 2. The molecular formula is C7H4NO2. The summed E-state index contributed by atoms with van der Waals surface area (Å²) < 4.78 is 0. The number of Topliss-reactive ketones (excluding diaryl/α,β-unsaturated/α-hetero) is 1. The summed E-state index contributed by atoms with van der Waals surface area (Å²) in [5.41, 5.74) is 0.606. The number of hydrogen-bond donors (Lipinski definition) is 0. The zero-order valence-corrected chi connectivity index (χ0v) is 5.13. The molecule has 0 saturated carbocycles. The number of nitrogens with zero attached hydrogens (tertiary/aromatic N) is 1. The molecule has 0 atom stereocenters. The van der Waals surface area contributed by atoms with Gasteiger partial charge in [-0.15, -0.1) is 0 Å². The van der Waals surface area contributed by atoms with E-state index in [-0.39, 0.29) is 18.2 Å². The Balaban J connectivity index is 2.43. The highest BCUT2D eigenvalue weighted by Gasteiger charge is 2.28. The highest BCUT2D eigenvalue weighted by Crippen LogP contribution is 2.18. The van der Waals surface area contributed by atoms with E-state index in [2.05, 4.69) is 6.08 Å². The van der Waals surface area contributed by atoms with Crippen molar-refractivity contribution in [2.45, 2.75) is 0 Å². The van der Waals surface area contributed by atoms with E-state index in [0.717, 1.165) is 0 Å². The second kappa shape index (κ2) is 1.56. The van der Waals surface area contributed by atoms with E-state index in [0.29, 0.717) is 5.70 Å². The quantitative estimate of drug-likeness (QED) is 0.454. The first kappa shape index (κ1) is 5.41. The van der Waals surface area contributed by atoms with E-state index < -0.39 is 0 Å².